The van der Waals surface area contributed by atoms with E-state index in [-0.39, 0.29) is 11.7 Å². The van der Waals surface area contributed by atoms with Gasteiger partial charge in [0.05, 0.1) is 6.33 Å². The number of hydrogen-bond acceptors (Lipinski definition) is 2. The Morgan fingerprint density at radius 3 is 2.86 bits per heavy atom. The monoisotopic (exact) mass is 287 g/mol. The number of imidazole rings is 1. The predicted octanol–water partition coefficient (Wildman–Crippen LogP) is 3.46. The number of nitrogens with zero attached hydrogens (tertiary/aromatic N) is 2. The standard InChI is InChI=1S/C17H22FN3/c1-12(2)21-11-20-10-17(21)14-7-8-19-9-15(14)13-5-3-4-6-16(13)18/h3-6,10-12,14-15,19H,7-9H2,1-2H3. The van der Waals surface area contributed by atoms with Gasteiger partial charge in [-0.1, -0.05) is 18.2 Å². The molecule has 1 aromatic heterocycles. The van der Waals surface area contributed by atoms with Gasteiger partial charge in [-0.3, -0.25) is 0 Å². The van der Waals surface area contributed by atoms with Gasteiger partial charge in [-0.25, -0.2) is 9.37 Å². The molecule has 0 bridgehead atoms. The summed E-state index contributed by atoms with van der Waals surface area (Å²) in [6, 6.07) is 7.52. The van der Waals surface area contributed by atoms with Gasteiger partial charge in [0, 0.05) is 36.3 Å². The number of piperidine rings is 1. The number of hydrogen-bond donors (Lipinski definition) is 1. The molecule has 2 aromatic rings. The third-order valence-electron chi connectivity index (χ3n) is 4.42. The SMILES string of the molecule is CC(C)n1cncc1C1CCNCC1c1ccccc1F. The van der Waals surface area contributed by atoms with Crippen molar-refractivity contribution in [2.24, 2.45) is 0 Å². The highest BCUT2D eigenvalue weighted by Crippen LogP contribution is 2.38. The van der Waals surface area contributed by atoms with Crippen molar-refractivity contribution in [2.75, 3.05) is 13.1 Å². The Hall–Kier alpha value is -1.68. The summed E-state index contributed by atoms with van der Waals surface area (Å²) in [6.07, 6.45) is 4.85. The normalized spacial score (nSPS) is 22.7. The van der Waals surface area contributed by atoms with Crippen molar-refractivity contribution in [1.82, 2.24) is 14.9 Å². The number of benzene rings is 1. The van der Waals surface area contributed by atoms with Crippen molar-refractivity contribution in [3.05, 3.63) is 53.9 Å². The van der Waals surface area contributed by atoms with Crippen LogP contribution in [0.15, 0.2) is 36.8 Å². The highest BCUT2D eigenvalue weighted by atomic mass is 19.1. The molecule has 1 aromatic carbocycles. The second-order valence-corrected chi connectivity index (χ2v) is 6.05. The molecule has 0 spiro atoms. The molecule has 21 heavy (non-hydrogen) atoms. The molecule has 3 rings (SSSR count). The lowest BCUT2D eigenvalue weighted by Crippen LogP contribution is -2.35. The van der Waals surface area contributed by atoms with E-state index in [0.29, 0.717) is 12.0 Å². The molecule has 112 valence electrons. The fourth-order valence-corrected chi connectivity index (χ4v) is 3.35. The molecule has 2 heterocycles. The maximum absolute atomic E-state index is 14.2. The largest absolute Gasteiger partial charge is 0.332 e. The van der Waals surface area contributed by atoms with Crippen molar-refractivity contribution in [3.63, 3.8) is 0 Å². The molecule has 2 unspecified atom stereocenters. The zero-order chi connectivity index (χ0) is 14.8. The van der Waals surface area contributed by atoms with E-state index >= 15 is 0 Å². The summed E-state index contributed by atoms with van der Waals surface area (Å²) in [4.78, 5) is 4.32. The highest BCUT2D eigenvalue weighted by Gasteiger charge is 2.31. The Bertz CT molecular complexity index is 606. The van der Waals surface area contributed by atoms with E-state index in [9.17, 15) is 4.39 Å². The fraction of sp³-hybridized carbons (Fsp3) is 0.471. The van der Waals surface area contributed by atoms with E-state index in [1.54, 1.807) is 12.1 Å². The molecule has 0 aliphatic carbocycles. The number of aromatic nitrogens is 2. The van der Waals surface area contributed by atoms with Crippen LogP contribution in [0.3, 0.4) is 0 Å². The van der Waals surface area contributed by atoms with Crippen LogP contribution in [-0.4, -0.2) is 22.6 Å². The average molecular weight is 287 g/mol. The Labute approximate surface area is 125 Å². The van der Waals surface area contributed by atoms with Crippen LogP contribution in [0.1, 0.15) is 49.4 Å². The minimum Gasteiger partial charge on any atom is -0.332 e. The van der Waals surface area contributed by atoms with E-state index in [1.807, 2.05) is 24.7 Å². The molecule has 4 heteroatoms. The van der Waals surface area contributed by atoms with Crippen LogP contribution in [0.5, 0.6) is 0 Å². The molecule has 0 saturated carbocycles. The topological polar surface area (TPSA) is 29.9 Å². The first-order valence-corrected chi connectivity index (χ1v) is 7.65. The quantitative estimate of drug-likeness (QED) is 0.937. The van der Waals surface area contributed by atoms with Crippen molar-refractivity contribution in [2.45, 2.75) is 38.1 Å². The minimum atomic E-state index is -0.105. The first-order chi connectivity index (χ1) is 10.2. The zero-order valence-corrected chi connectivity index (χ0v) is 12.6. The van der Waals surface area contributed by atoms with Gasteiger partial charge in [0.2, 0.25) is 0 Å². The summed E-state index contributed by atoms with van der Waals surface area (Å²) in [6.45, 7) is 6.10. The number of nitrogens with one attached hydrogen (secondary N) is 1. The predicted molar refractivity (Wildman–Crippen MR) is 82.0 cm³/mol. The molecular formula is C17H22FN3. The lowest BCUT2D eigenvalue weighted by atomic mass is 9.79. The first-order valence-electron chi connectivity index (χ1n) is 7.65. The fourth-order valence-electron chi connectivity index (χ4n) is 3.35. The maximum Gasteiger partial charge on any atom is 0.126 e. The van der Waals surface area contributed by atoms with Gasteiger partial charge in [-0.05, 0) is 38.4 Å². The number of halogens is 1. The molecule has 1 N–H and O–H groups in total. The lowest BCUT2D eigenvalue weighted by molar-refractivity contribution is 0.373. The summed E-state index contributed by atoms with van der Waals surface area (Å²) in [7, 11) is 0. The minimum absolute atomic E-state index is 0.105. The van der Waals surface area contributed by atoms with Crippen molar-refractivity contribution in [3.8, 4) is 0 Å². The Kier molecular flexibility index (Phi) is 4.06. The first kappa shape index (κ1) is 14.3. The summed E-state index contributed by atoms with van der Waals surface area (Å²) in [5.41, 5.74) is 2.03. The zero-order valence-electron chi connectivity index (χ0n) is 12.6. The van der Waals surface area contributed by atoms with E-state index in [0.717, 1.165) is 25.1 Å². The average Bonchev–Trinajstić information content (AvgIpc) is 2.97. The van der Waals surface area contributed by atoms with Crippen LogP contribution in [0.2, 0.25) is 0 Å². The van der Waals surface area contributed by atoms with Crippen LogP contribution >= 0.6 is 0 Å². The van der Waals surface area contributed by atoms with Crippen molar-refractivity contribution in [1.29, 1.82) is 0 Å². The van der Waals surface area contributed by atoms with Gasteiger partial charge in [-0.2, -0.15) is 0 Å². The summed E-state index contributed by atoms with van der Waals surface area (Å²) < 4.78 is 16.4. The van der Waals surface area contributed by atoms with Crippen LogP contribution < -0.4 is 5.32 Å². The van der Waals surface area contributed by atoms with Gasteiger partial charge in [0.1, 0.15) is 5.82 Å². The second kappa shape index (κ2) is 5.98. The second-order valence-electron chi connectivity index (χ2n) is 6.05. The molecule has 0 amide bonds. The Balaban J connectivity index is 1.99. The van der Waals surface area contributed by atoms with Gasteiger partial charge >= 0.3 is 0 Å². The highest BCUT2D eigenvalue weighted by molar-refractivity contribution is 5.28. The molecular weight excluding hydrogens is 265 g/mol. The molecule has 1 aliphatic heterocycles. The molecule has 1 aliphatic rings. The van der Waals surface area contributed by atoms with Crippen LogP contribution in [-0.2, 0) is 0 Å². The van der Waals surface area contributed by atoms with E-state index in [1.165, 1.54) is 5.69 Å². The lowest BCUT2D eigenvalue weighted by Gasteiger charge is -2.33. The van der Waals surface area contributed by atoms with Gasteiger partial charge in [0.25, 0.3) is 0 Å². The van der Waals surface area contributed by atoms with Crippen LogP contribution in [0.4, 0.5) is 4.39 Å². The molecule has 2 atom stereocenters. The molecule has 0 radical (unpaired) electrons. The maximum atomic E-state index is 14.2. The van der Waals surface area contributed by atoms with E-state index < -0.39 is 0 Å². The van der Waals surface area contributed by atoms with Gasteiger partial charge in [0.15, 0.2) is 0 Å². The van der Waals surface area contributed by atoms with Gasteiger partial charge in [-0.15, -0.1) is 0 Å². The smallest absolute Gasteiger partial charge is 0.126 e. The third-order valence-corrected chi connectivity index (χ3v) is 4.42. The summed E-state index contributed by atoms with van der Waals surface area (Å²) >= 11 is 0. The Morgan fingerprint density at radius 2 is 2.10 bits per heavy atom. The van der Waals surface area contributed by atoms with Crippen LogP contribution in [0.25, 0.3) is 0 Å². The van der Waals surface area contributed by atoms with Crippen molar-refractivity contribution >= 4 is 0 Å². The van der Waals surface area contributed by atoms with E-state index in [2.05, 4.69) is 28.7 Å². The molecule has 1 saturated heterocycles. The van der Waals surface area contributed by atoms with Crippen molar-refractivity contribution < 1.29 is 4.39 Å². The molecule has 1 fully saturated rings. The van der Waals surface area contributed by atoms with Crippen LogP contribution in [0, 0.1) is 5.82 Å². The third kappa shape index (κ3) is 2.72. The summed E-state index contributed by atoms with van der Waals surface area (Å²) in [5, 5.41) is 3.40. The summed E-state index contributed by atoms with van der Waals surface area (Å²) in [5.74, 6) is 0.369. The van der Waals surface area contributed by atoms with E-state index in [4.69, 9.17) is 0 Å². The number of rotatable bonds is 3. The van der Waals surface area contributed by atoms with Gasteiger partial charge < -0.3 is 9.88 Å². The Morgan fingerprint density at radius 1 is 1.29 bits per heavy atom. The molecule has 3 nitrogen and oxygen atoms in total.